The number of nitrogens with one attached hydrogen (secondary N) is 2. The van der Waals surface area contributed by atoms with E-state index in [9.17, 15) is 4.79 Å². The monoisotopic (exact) mass is 232 g/mol. The second-order valence-corrected chi connectivity index (χ2v) is 4.75. The van der Waals surface area contributed by atoms with E-state index in [0.717, 1.165) is 25.7 Å². The van der Waals surface area contributed by atoms with Crippen molar-refractivity contribution in [2.45, 2.75) is 52.1 Å². The fraction of sp³-hybridized carbons (Fsp3) is 0.909. The third kappa shape index (κ3) is 11.3. The maximum Gasteiger partial charge on any atom is 0.407 e. The average molecular weight is 232 g/mol. The largest absolute Gasteiger partial charge is 0.444 e. The Bertz CT molecular complexity index is 190. The molecule has 0 atom stereocenters. The van der Waals surface area contributed by atoms with Gasteiger partial charge in [-0.15, -0.1) is 0 Å². The van der Waals surface area contributed by atoms with Crippen LogP contribution >= 0.6 is 0 Å². The van der Waals surface area contributed by atoms with Crippen LogP contribution in [0.25, 0.3) is 0 Å². The van der Waals surface area contributed by atoms with E-state index >= 15 is 0 Å². The normalized spacial score (nSPS) is 11.2. The third-order valence-electron chi connectivity index (χ3n) is 1.88. The van der Waals surface area contributed by atoms with Crippen LogP contribution in [-0.4, -0.2) is 30.0 Å². The molecule has 5 nitrogen and oxygen atoms in total. The van der Waals surface area contributed by atoms with E-state index in [1.165, 1.54) is 0 Å². The summed E-state index contributed by atoms with van der Waals surface area (Å²) in [7, 11) is 0. The summed E-state index contributed by atoms with van der Waals surface area (Å²) >= 11 is 0. The first-order chi connectivity index (χ1) is 7.45. The second-order valence-electron chi connectivity index (χ2n) is 4.75. The second kappa shape index (κ2) is 8.35. The maximum atomic E-state index is 11.2. The van der Waals surface area contributed by atoms with Gasteiger partial charge in [-0.1, -0.05) is 12.8 Å². The Balaban J connectivity index is 3.28. The molecule has 0 heterocycles. The van der Waals surface area contributed by atoms with Crippen molar-refractivity contribution in [2.75, 3.05) is 13.1 Å². The molecule has 0 aliphatic carbocycles. The topological polar surface area (TPSA) is 70.6 Å². The quantitative estimate of drug-likeness (QED) is 0.464. The molecule has 0 aromatic rings. The van der Waals surface area contributed by atoms with E-state index in [1.807, 2.05) is 20.8 Å². The van der Waals surface area contributed by atoms with E-state index in [0.29, 0.717) is 13.1 Å². The van der Waals surface area contributed by atoms with Gasteiger partial charge in [0.2, 0.25) is 0 Å². The van der Waals surface area contributed by atoms with Crippen molar-refractivity contribution in [3.05, 3.63) is 0 Å². The van der Waals surface area contributed by atoms with Gasteiger partial charge in [0, 0.05) is 13.1 Å². The number of unbranched alkanes of at least 4 members (excludes halogenated alkanes) is 3. The van der Waals surface area contributed by atoms with Crippen LogP contribution in [0.2, 0.25) is 0 Å². The van der Waals surface area contributed by atoms with Crippen molar-refractivity contribution in [1.29, 1.82) is 0 Å². The van der Waals surface area contributed by atoms with Gasteiger partial charge < -0.3 is 15.3 Å². The smallest absolute Gasteiger partial charge is 0.407 e. The van der Waals surface area contributed by atoms with Gasteiger partial charge in [0.1, 0.15) is 5.60 Å². The minimum Gasteiger partial charge on any atom is -0.444 e. The first-order valence-corrected chi connectivity index (χ1v) is 5.79. The molecule has 0 saturated heterocycles. The summed E-state index contributed by atoms with van der Waals surface area (Å²) in [5.74, 6) is 0. The highest BCUT2D eigenvalue weighted by Crippen LogP contribution is 2.06. The Morgan fingerprint density at radius 1 is 1.12 bits per heavy atom. The summed E-state index contributed by atoms with van der Waals surface area (Å²) in [4.78, 5) is 11.2. The molecule has 0 aromatic carbocycles. The third-order valence-corrected chi connectivity index (χ3v) is 1.88. The fourth-order valence-corrected chi connectivity index (χ4v) is 1.19. The molecule has 3 N–H and O–H groups in total. The maximum absolute atomic E-state index is 11.2. The molecule has 0 radical (unpaired) electrons. The molecule has 5 heteroatoms. The highest BCUT2D eigenvalue weighted by molar-refractivity contribution is 5.67. The lowest BCUT2D eigenvalue weighted by Gasteiger charge is -2.19. The number of carbonyl (C=O) groups excluding carboxylic acids is 1. The Hall–Kier alpha value is -0.810. The van der Waals surface area contributed by atoms with Crippen molar-refractivity contribution in [1.82, 2.24) is 10.8 Å². The lowest BCUT2D eigenvalue weighted by molar-refractivity contribution is 0.0527. The Morgan fingerprint density at radius 3 is 2.19 bits per heavy atom. The molecule has 0 saturated carbocycles. The molecule has 0 bridgehead atoms. The lowest BCUT2D eigenvalue weighted by Crippen LogP contribution is -2.32. The zero-order valence-electron chi connectivity index (χ0n) is 10.5. The van der Waals surface area contributed by atoms with Gasteiger partial charge in [0.15, 0.2) is 0 Å². The van der Waals surface area contributed by atoms with Crippen molar-refractivity contribution >= 4 is 6.09 Å². The number of amides is 1. The number of alkyl carbamates (subject to hydrolysis) is 1. The molecule has 16 heavy (non-hydrogen) atoms. The van der Waals surface area contributed by atoms with Gasteiger partial charge in [0.05, 0.1) is 0 Å². The van der Waals surface area contributed by atoms with Crippen molar-refractivity contribution in [2.24, 2.45) is 0 Å². The number of hydrogen-bond donors (Lipinski definition) is 3. The zero-order chi connectivity index (χ0) is 12.4. The van der Waals surface area contributed by atoms with Crippen molar-refractivity contribution < 1.29 is 14.7 Å². The summed E-state index contributed by atoms with van der Waals surface area (Å²) < 4.78 is 5.09. The predicted octanol–water partition coefficient (Wildman–Crippen LogP) is 2.05. The highest BCUT2D eigenvalue weighted by Gasteiger charge is 2.15. The zero-order valence-corrected chi connectivity index (χ0v) is 10.5. The standard InChI is InChI=1S/C11H24N2O3/c1-11(2,3)16-10(14)12-8-6-4-5-7-9-13-15/h13,15H,4-9H2,1-3H3,(H,12,14). The van der Waals surface area contributed by atoms with E-state index in [4.69, 9.17) is 9.94 Å². The van der Waals surface area contributed by atoms with Crippen LogP contribution in [0.3, 0.4) is 0 Å². The molecule has 0 unspecified atom stereocenters. The molecule has 1 amide bonds. The van der Waals surface area contributed by atoms with Crippen LogP contribution in [0, 0.1) is 0 Å². The van der Waals surface area contributed by atoms with Crippen LogP contribution in [0.5, 0.6) is 0 Å². The molecule has 0 spiro atoms. The SMILES string of the molecule is CC(C)(C)OC(=O)NCCCCCCNO. The summed E-state index contributed by atoms with van der Waals surface area (Å²) in [6.45, 7) is 6.79. The molecule has 0 aliphatic heterocycles. The lowest BCUT2D eigenvalue weighted by atomic mass is 10.2. The van der Waals surface area contributed by atoms with Gasteiger partial charge in [-0.05, 0) is 33.6 Å². The van der Waals surface area contributed by atoms with Crippen LogP contribution in [0.1, 0.15) is 46.5 Å². The summed E-state index contributed by atoms with van der Waals surface area (Å²) in [6, 6.07) is 0. The van der Waals surface area contributed by atoms with Gasteiger partial charge >= 0.3 is 6.09 Å². The first kappa shape index (κ1) is 15.2. The number of rotatable bonds is 7. The van der Waals surface area contributed by atoms with Crippen LogP contribution in [0.4, 0.5) is 4.79 Å². The van der Waals surface area contributed by atoms with Gasteiger partial charge in [-0.3, -0.25) is 0 Å². The fourth-order valence-electron chi connectivity index (χ4n) is 1.19. The van der Waals surface area contributed by atoms with Crippen molar-refractivity contribution in [3.63, 3.8) is 0 Å². The minimum atomic E-state index is -0.434. The van der Waals surface area contributed by atoms with E-state index in [1.54, 1.807) is 0 Å². The van der Waals surface area contributed by atoms with Crippen LogP contribution in [0.15, 0.2) is 0 Å². The molecule has 0 fully saturated rings. The number of carbonyl (C=O) groups is 1. The van der Waals surface area contributed by atoms with Crippen LogP contribution in [-0.2, 0) is 4.74 Å². The van der Waals surface area contributed by atoms with Crippen LogP contribution < -0.4 is 10.8 Å². The van der Waals surface area contributed by atoms with E-state index in [2.05, 4.69) is 10.8 Å². The molecular weight excluding hydrogens is 208 g/mol. The summed E-state index contributed by atoms with van der Waals surface area (Å²) in [5, 5.41) is 11.0. The van der Waals surface area contributed by atoms with Gasteiger partial charge in [-0.25, -0.2) is 10.3 Å². The minimum absolute atomic E-state index is 0.357. The number of ether oxygens (including phenoxy) is 1. The molecule has 0 aromatic heterocycles. The number of hydrogen-bond acceptors (Lipinski definition) is 4. The van der Waals surface area contributed by atoms with Gasteiger partial charge in [0.25, 0.3) is 0 Å². The van der Waals surface area contributed by atoms with Gasteiger partial charge in [-0.2, -0.15) is 0 Å². The predicted molar refractivity (Wildman–Crippen MR) is 62.5 cm³/mol. The Labute approximate surface area is 97.5 Å². The van der Waals surface area contributed by atoms with E-state index < -0.39 is 5.60 Å². The molecular formula is C11H24N2O3. The van der Waals surface area contributed by atoms with E-state index in [-0.39, 0.29) is 6.09 Å². The van der Waals surface area contributed by atoms with Crippen molar-refractivity contribution in [3.8, 4) is 0 Å². The first-order valence-electron chi connectivity index (χ1n) is 5.79. The number of hydroxylamine groups is 1. The summed E-state index contributed by atoms with van der Waals surface area (Å²) in [6.07, 6.45) is 3.61. The molecule has 0 rings (SSSR count). The average Bonchev–Trinajstić information content (AvgIpc) is 2.13. The summed E-state index contributed by atoms with van der Waals surface area (Å²) in [5.41, 5.74) is 1.68. The Kier molecular flexibility index (Phi) is 7.93. The molecule has 96 valence electrons. The highest BCUT2D eigenvalue weighted by atomic mass is 16.6. The Morgan fingerprint density at radius 2 is 1.69 bits per heavy atom. The molecule has 0 aliphatic rings.